The number of rotatable bonds is 3. The molecule has 3 aromatic rings. The van der Waals surface area contributed by atoms with E-state index < -0.39 is 6.09 Å². The van der Waals surface area contributed by atoms with Gasteiger partial charge in [0.25, 0.3) is 0 Å². The summed E-state index contributed by atoms with van der Waals surface area (Å²) >= 11 is 6.18. The van der Waals surface area contributed by atoms with Crippen molar-refractivity contribution in [3.8, 4) is 5.75 Å². The van der Waals surface area contributed by atoms with Crippen LogP contribution in [0.2, 0.25) is 5.15 Å². The topological polar surface area (TPSA) is 77.5 Å². The summed E-state index contributed by atoms with van der Waals surface area (Å²) in [6, 6.07) is 14.6. The predicted molar refractivity (Wildman–Crippen MR) is 106 cm³/mol. The Labute approximate surface area is 166 Å². The lowest BCUT2D eigenvalue weighted by molar-refractivity contribution is -0.135. The lowest BCUT2D eigenvalue weighted by atomic mass is 9.94. The molecule has 0 spiro atoms. The van der Waals surface area contributed by atoms with E-state index in [4.69, 9.17) is 21.1 Å². The number of aromatic nitrogens is 1. The van der Waals surface area contributed by atoms with Crippen LogP contribution in [0, 0.1) is 0 Å². The third-order valence-electron chi connectivity index (χ3n) is 4.60. The smallest absolute Gasteiger partial charge is 0.411 e. The van der Waals surface area contributed by atoms with E-state index in [1.807, 2.05) is 43.3 Å². The molecule has 28 heavy (non-hydrogen) atoms. The molecule has 1 unspecified atom stereocenters. The SMILES string of the molecule is CC1CC(=O)Oc2cc(NC(=O)OCc3cc4ccccc4nc3Cl)ccc21. The van der Waals surface area contributed by atoms with Gasteiger partial charge >= 0.3 is 12.1 Å². The summed E-state index contributed by atoms with van der Waals surface area (Å²) in [4.78, 5) is 28.1. The van der Waals surface area contributed by atoms with Crippen molar-refractivity contribution in [1.82, 2.24) is 4.98 Å². The fourth-order valence-electron chi connectivity index (χ4n) is 3.17. The van der Waals surface area contributed by atoms with Gasteiger partial charge in [-0.1, -0.05) is 42.8 Å². The number of ether oxygens (including phenoxy) is 2. The van der Waals surface area contributed by atoms with E-state index in [-0.39, 0.29) is 18.5 Å². The summed E-state index contributed by atoms with van der Waals surface area (Å²) in [6.07, 6.45) is -0.290. The van der Waals surface area contributed by atoms with Gasteiger partial charge in [0.15, 0.2) is 0 Å². The molecule has 1 atom stereocenters. The molecular weight excluding hydrogens is 380 g/mol. The summed E-state index contributed by atoms with van der Waals surface area (Å²) < 4.78 is 10.5. The average Bonchev–Trinajstić information content (AvgIpc) is 2.66. The Kier molecular flexibility index (Phi) is 4.88. The van der Waals surface area contributed by atoms with Crippen molar-refractivity contribution in [2.24, 2.45) is 0 Å². The van der Waals surface area contributed by atoms with Gasteiger partial charge in [-0.15, -0.1) is 0 Å². The van der Waals surface area contributed by atoms with Crippen LogP contribution < -0.4 is 10.1 Å². The van der Waals surface area contributed by atoms with Crippen molar-refractivity contribution in [2.75, 3.05) is 5.32 Å². The van der Waals surface area contributed by atoms with E-state index >= 15 is 0 Å². The van der Waals surface area contributed by atoms with Crippen LogP contribution in [0.25, 0.3) is 10.9 Å². The number of carbonyl (C=O) groups is 2. The Morgan fingerprint density at radius 1 is 1.29 bits per heavy atom. The number of halogens is 1. The van der Waals surface area contributed by atoms with Gasteiger partial charge < -0.3 is 9.47 Å². The van der Waals surface area contributed by atoms with E-state index in [2.05, 4.69) is 10.3 Å². The van der Waals surface area contributed by atoms with E-state index in [1.54, 1.807) is 12.1 Å². The number of carbonyl (C=O) groups excluding carboxylic acids is 2. The molecule has 1 aromatic heterocycles. The van der Waals surface area contributed by atoms with Crippen molar-refractivity contribution < 1.29 is 19.1 Å². The number of benzene rings is 2. The summed E-state index contributed by atoms with van der Waals surface area (Å²) in [6.45, 7) is 1.95. The van der Waals surface area contributed by atoms with Gasteiger partial charge in [-0.25, -0.2) is 9.78 Å². The van der Waals surface area contributed by atoms with Crippen molar-refractivity contribution >= 4 is 40.3 Å². The second kappa shape index (κ2) is 7.48. The Hall–Kier alpha value is -3.12. The first-order valence-corrected chi connectivity index (χ1v) is 9.20. The summed E-state index contributed by atoms with van der Waals surface area (Å²) in [7, 11) is 0. The molecule has 2 heterocycles. The molecule has 142 valence electrons. The van der Waals surface area contributed by atoms with Gasteiger partial charge in [-0.05, 0) is 29.7 Å². The minimum absolute atomic E-state index is 0.0144. The Balaban J connectivity index is 1.43. The highest BCUT2D eigenvalue weighted by Crippen LogP contribution is 2.35. The number of fused-ring (bicyclic) bond motifs is 2. The highest BCUT2D eigenvalue weighted by Gasteiger charge is 2.24. The van der Waals surface area contributed by atoms with E-state index in [9.17, 15) is 9.59 Å². The van der Waals surface area contributed by atoms with Crippen LogP contribution in [-0.4, -0.2) is 17.0 Å². The van der Waals surface area contributed by atoms with Gasteiger partial charge in [-0.3, -0.25) is 10.1 Å². The number of anilines is 1. The molecule has 0 fully saturated rings. The number of esters is 1. The van der Waals surface area contributed by atoms with E-state index in [0.717, 1.165) is 16.5 Å². The standard InChI is InChI=1S/C21H17ClN2O4/c1-12-8-19(25)28-18-10-15(6-7-16(12)18)23-21(26)27-11-14-9-13-4-2-3-5-17(13)24-20(14)22/h2-7,9-10,12H,8,11H2,1H3,(H,23,26). The number of pyridine rings is 1. The maximum absolute atomic E-state index is 12.2. The zero-order valence-corrected chi connectivity index (χ0v) is 15.8. The van der Waals surface area contributed by atoms with Gasteiger partial charge in [0.1, 0.15) is 17.5 Å². The minimum atomic E-state index is -0.639. The van der Waals surface area contributed by atoms with Crippen molar-refractivity contribution in [3.05, 3.63) is 64.8 Å². The van der Waals surface area contributed by atoms with Gasteiger partial charge in [-0.2, -0.15) is 0 Å². The number of hydrogen-bond acceptors (Lipinski definition) is 5. The van der Waals surface area contributed by atoms with Crippen molar-refractivity contribution in [2.45, 2.75) is 25.9 Å². The predicted octanol–water partition coefficient (Wildman–Crippen LogP) is 5.05. The first-order valence-electron chi connectivity index (χ1n) is 8.82. The first-order chi connectivity index (χ1) is 13.5. The second-order valence-electron chi connectivity index (χ2n) is 6.66. The van der Waals surface area contributed by atoms with Crippen LogP contribution >= 0.6 is 11.6 Å². The number of nitrogens with zero attached hydrogens (tertiary/aromatic N) is 1. The number of para-hydroxylation sites is 1. The van der Waals surface area contributed by atoms with Crippen LogP contribution in [0.3, 0.4) is 0 Å². The largest absolute Gasteiger partial charge is 0.444 e. The highest BCUT2D eigenvalue weighted by molar-refractivity contribution is 6.30. The molecule has 0 saturated carbocycles. The molecule has 1 aliphatic rings. The lowest BCUT2D eigenvalue weighted by Gasteiger charge is -2.21. The summed E-state index contributed by atoms with van der Waals surface area (Å²) in [5.41, 5.74) is 2.81. The lowest BCUT2D eigenvalue weighted by Crippen LogP contribution is -2.19. The van der Waals surface area contributed by atoms with Crippen LogP contribution in [0.15, 0.2) is 48.5 Å². The minimum Gasteiger partial charge on any atom is -0.444 e. The molecule has 0 aliphatic carbocycles. The maximum Gasteiger partial charge on any atom is 0.411 e. The molecule has 1 amide bonds. The van der Waals surface area contributed by atoms with Crippen molar-refractivity contribution in [1.29, 1.82) is 0 Å². The fraction of sp³-hybridized carbons (Fsp3) is 0.190. The number of nitrogens with one attached hydrogen (secondary N) is 1. The molecule has 2 aromatic carbocycles. The van der Waals surface area contributed by atoms with E-state index in [0.29, 0.717) is 28.6 Å². The quantitative estimate of drug-likeness (QED) is 0.381. The van der Waals surface area contributed by atoms with Crippen molar-refractivity contribution in [3.63, 3.8) is 0 Å². The monoisotopic (exact) mass is 396 g/mol. The normalized spacial score (nSPS) is 15.6. The Morgan fingerprint density at radius 2 is 2.11 bits per heavy atom. The molecular formula is C21H17ClN2O4. The zero-order chi connectivity index (χ0) is 19.7. The summed E-state index contributed by atoms with van der Waals surface area (Å²) in [5, 5.41) is 3.84. The Morgan fingerprint density at radius 3 is 2.96 bits per heavy atom. The highest BCUT2D eigenvalue weighted by atomic mass is 35.5. The number of hydrogen-bond donors (Lipinski definition) is 1. The Bertz CT molecular complexity index is 1080. The molecule has 4 rings (SSSR count). The van der Waals surface area contributed by atoms with Gasteiger partial charge in [0.2, 0.25) is 0 Å². The molecule has 0 radical (unpaired) electrons. The summed E-state index contributed by atoms with van der Waals surface area (Å²) in [5.74, 6) is 0.265. The molecule has 1 N–H and O–H groups in total. The zero-order valence-electron chi connectivity index (χ0n) is 15.1. The molecule has 7 heteroatoms. The maximum atomic E-state index is 12.2. The number of amides is 1. The molecule has 6 nitrogen and oxygen atoms in total. The fourth-order valence-corrected chi connectivity index (χ4v) is 3.37. The van der Waals surface area contributed by atoms with Crippen LogP contribution in [0.5, 0.6) is 5.75 Å². The van der Waals surface area contributed by atoms with Gasteiger partial charge in [0, 0.05) is 22.7 Å². The third kappa shape index (κ3) is 3.77. The third-order valence-corrected chi connectivity index (χ3v) is 4.92. The van der Waals surface area contributed by atoms with Gasteiger partial charge in [0.05, 0.1) is 11.9 Å². The van der Waals surface area contributed by atoms with E-state index in [1.165, 1.54) is 0 Å². The van der Waals surface area contributed by atoms with Crippen LogP contribution in [-0.2, 0) is 16.1 Å². The molecule has 1 aliphatic heterocycles. The average molecular weight is 397 g/mol. The first kappa shape index (κ1) is 18.3. The second-order valence-corrected chi connectivity index (χ2v) is 7.02. The van der Waals surface area contributed by atoms with Crippen LogP contribution in [0.4, 0.5) is 10.5 Å². The molecule has 0 saturated heterocycles. The molecule has 0 bridgehead atoms. The van der Waals surface area contributed by atoms with Crippen LogP contribution in [0.1, 0.15) is 30.4 Å².